The molecule has 0 spiro atoms. The van der Waals surface area contributed by atoms with Gasteiger partial charge in [0.1, 0.15) is 5.75 Å². The van der Waals surface area contributed by atoms with Gasteiger partial charge in [0.2, 0.25) is 0 Å². The van der Waals surface area contributed by atoms with E-state index in [0.717, 1.165) is 30.0 Å². The van der Waals surface area contributed by atoms with Crippen molar-refractivity contribution >= 4 is 40.2 Å². The molecule has 0 radical (unpaired) electrons. The van der Waals surface area contributed by atoms with Crippen LogP contribution in [0.15, 0.2) is 47.5 Å². The van der Waals surface area contributed by atoms with Gasteiger partial charge in [-0.05, 0) is 72.8 Å². The number of aromatic hydroxyl groups is 1. The lowest BCUT2D eigenvalue weighted by Gasteiger charge is -2.21. The van der Waals surface area contributed by atoms with Crippen LogP contribution in [-0.4, -0.2) is 24.4 Å². The lowest BCUT2D eigenvalue weighted by molar-refractivity contribution is 0.474. The highest BCUT2D eigenvalue weighted by molar-refractivity contribution is 14.1. The van der Waals surface area contributed by atoms with Crippen LogP contribution < -0.4 is 4.90 Å². The largest absolute Gasteiger partial charge is 0.507 e. The molecule has 0 bridgehead atoms. The van der Waals surface area contributed by atoms with E-state index in [9.17, 15) is 5.11 Å². The predicted octanol–water partition coefficient (Wildman–Crippen LogP) is 4.59. The van der Waals surface area contributed by atoms with Crippen LogP contribution in [0.4, 0.5) is 11.4 Å². The van der Waals surface area contributed by atoms with E-state index in [1.165, 1.54) is 3.57 Å². The number of hydrogen-bond acceptors (Lipinski definition) is 3. The first kappa shape index (κ1) is 15.8. The summed E-state index contributed by atoms with van der Waals surface area (Å²) in [7, 11) is 0. The van der Waals surface area contributed by atoms with Gasteiger partial charge in [0.25, 0.3) is 0 Å². The number of nitrogens with zero attached hydrogens (tertiary/aromatic N) is 2. The molecule has 2 rings (SSSR count). The fourth-order valence-electron chi connectivity index (χ4n) is 2.10. The van der Waals surface area contributed by atoms with Crippen molar-refractivity contribution in [3.8, 4) is 5.75 Å². The van der Waals surface area contributed by atoms with Crippen molar-refractivity contribution in [1.82, 2.24) is 0 Å². The molecule has 0 aliphatic rings. The van der Waals surface area contributed by atoms with E-state index < -0.39 is 0 Å². The van der Waals surface area contributed by atoms with Gasteiger partial charge in [0.05, 0.1) is 5.69 Å². The number of anilines is 1. The molecule has 0 aromatic heterocycles. The fourth-order valence-corrected chi connectivity index (χ4v) is 2.46. The SMILES string of the molecule is CCN(CC)c1ccc(C=Nc2ccc(I)cc2)c(O)c1. The highest BCUT2D eigenvalue weighted by atomic mass is 127. The zero-order chi connectivity index (χ0) is 15.2. The van der Waals surface area contributed by atoms with Crippen molar-refractivity contribution < 1.29 is 5.11 Å². The molecule has 0 heterocycles. The second-order valence-corrected chi connectivity index (χ2v) is 5.90. The average molecular weight is 394 g/mol. The normalized spacial score (nSPS) is 11.0. The Bertz CT molecular complexity index is 619. The Kier molecular flexibility index (Phi) is 5.61. The smallest absolute Gasteiger partial charge is 0.126 e. The second-order valence-electron chi connectivity index (χ2n) is 4.65. The summed E-state index contributed by atoms with van der Waals surface area (Å²) in [6, 6.07) is 13.6. The molecule has 0 fully saturated rings. The van der Waals surface area contributed by atoms with Crippen LogP contribution in [0.1, 0.15) is 19.4 Å². The average Bonchev–Trinajstić information content (AvgIpc) is 2.49. The quantitative estimate of drug-likeness (QED) is 0.595. The number of phenols is 1. The Morgan fingerprint density at radius 2 is 1.76 bits per heavy atom. The van der Waals surface area contributed by atoms with Crippen molar-refractivity contribution in [2.24, 2.45) is 4.99 Å². The van der Waals surface area contributed by atoms with Gasteiger partial charge in [0.15, 0.2) is 0 Å². The Morgan fingerprint density at radius 1 is 1.10 bits per heavy atom. The van der Waals surface area contributed by atoms with Gasteiger partial charge in [-0.2, -0.15) is 0 Å². The molecule has 0 saturated carbocycles. The predicted molar refractivity (Wildman–Crippen MR) is 98.1 cm³/mol. The molecule has 2 aromatic carbocycles. The number of benzene rings is 2. The van der Waals surface area contributed by atoms with Crippen LogP contribution in [0, 0.1) is 3.57 Å². The molecule has 3 nitrogen and oxygen atoms in total. The van der Waals surface area contributed by atoms with Gasteiger partial charge < -0.3 is 10.0 Å². The lowest BCUT2D eigenvalue weighted by Crippen LogP contribution is -2.21. The molecule has 1 N–H and O–H groups in total. The van der Waals surface area contributed by atoms with E-state index in [2.05, 4.69) is 46.3 Å². The van der Waals surface area contributed by atoms with E-state index in [-0.39, 0.29) is 5.75 Å². The first-order valence-electron chi connectivity index (χ1n) is 7.01. The summed E-state index contributed by atoms with van der Waals surface area (Å²) in [6.45, 7) is 6.05. The molecule has 0 unspecified atom stereocenters. The van der Waals surface area contributed by atoms with Crippen LogP contribution in [0.3, 0.4) is 0 Å². The van der Waals surface area contributed by atoms with Gasteiger partial charge >= 0.3 is 0 Å². The number of aliphatic imine (C=N–C) groups is 1. The standard InChI is InChI=1S/C17H19IN2O/c1-3-20(4-2)16-10-5-13(17(21)11-16)12-19-15-8-6-14(18)7-9-15/h5-12,21H,3-4H2,1-2H3. The molecule has 0 aliphatic carbocycles. The second kappa shape index (κ2) is 7.45. The molecule has 0 amide bonds. The van der Waals surface area contributed by atoms with E-state index in [0.29, 0.717) is 0 Å². The summed E-state index contributed by atoms with van der Waals surface area (Å²) in [4.78, 5) is 6.59. The zero-order valence-electron chi connectivity index (χ0n) is 12.3. The summed E-state index contributed by atoms with van der Waals surface area (Å²) in [5.41, 5.74) is 2.64. The van der Waals surface area contributed by atoms with Crippen LogP contribution in [-0.2, 0) is 0 Å². The summed E-state index contributed by atoms with van der Waals surface area (Å²) in [6.07, 6.45) is 1.70. The van der Waals surface area contributed by atoms with E-state index in [1.807, 2.05) is 36.4 Å². The van der Waals surface area contributed by atoms with Crippen molar-refractivity contribution in [2.75, 3.05) is 18.0 Å². The summed E-state index contributed by atoms with van der Waals surface area (Å²) in [5, 5.41) is 10.1. The van der Waals surface area contributed by atoms with Gasteiger partial charge in [-0.25, -0.2) is 0 Å². The topological polar surface area (TPSA) is 35.8 Å². The van der Waals surface area contributed by atoms with Gasteiger partial charge in [-0.15, -0.1) is 0 Å². The Hall–Kier alpha value is -1.56. The molecule has 21 heavy (non-hydrogen) atoms. The van der Waals surface area contributed by atoms with Crippen LogP contribution in [0.5, 0.6) is 5.75 Å². The third-order valence-corrected chi connectivity index (χ3v) is 4.04. The van der Waals surface area contributed by atoms with Crippen LogP contribution in [0.2, 0.25) is 0 Å². The highest BCUT2D eigenvalue weighted by Crippen LogP contribution is 2.24. The first-order valence-corrected chi connectivity index (χ1v) is 8.09. The van der Waals surface area contributed by atoms with E-state index in [1.54, 1.807) is 12.3 Å². The molecule has 4 heteroatoms. The summed E-state index contributed by atoms with van der Waals surface area (Å²) < 4.78 is 1.18. The molecule has 110 valence electrons. The molecule has 0 aliphatic heterocycles. The van der Waals surface area contributed by atoms with Crippen molar-refractivity contribution in [1.29, 1.82) is 0 Å². The summed E-state index contributed by atoms with van der Waals surface area (Å²) in [5.74, 6) is 0.258. The Labute approximate surface area is 139 Å². The maximum Gasteiger partial charge on any atom is 0.126 e. The Morgan fingerprint density at radius 3 is 2.33 bits per heavy atom. The minimum atomic E-state index is 0.258. The number of hydrogen-bond donors (Lipinski definition) is 1. The van der Waals surface area contributed by atoms with Gasteiger partial charge in [-0.3, -0.25) is 4.99 Å². The maximum absolute atomic E-state index is 10.1. The minimum absolute atomic E-state index is 0.258. The van der Waals surface area contributed by atoms with Crippen molar-refractivity contribution in [3.05, 3.63) is 51.6 Å². The van der Waals surface area contributed by atoms with Crippen LogP contribution >= 0.6 is 22.6 Å². The highest BCUT2D eigenvalue weighted by Gasteiger charge is 2.05. The molecule has 0 saturated heterocycles. The van der Waals surface area contributed by atoms with Crippen molar-refractivity contribution in [2.45, 2.75) is 13.8 Å². The lowest BCUT2D eigenvalue weighted by atomic mass is 10.2. The van der Waals surface area contributed by atoms with Gasteiger partial charge in [-0.1, -0.05) is 0 Å². The van der Waals surface area contributed by atoms with E-state index >= 15 is 0 Å². The van der Waals surface area contributed by atoms with E-state index in [4.69, 9.17) is 0 Å². The number of halogens is 1. The van der Waals surface area contributed by atoms with Gasteiger partial charge in [0, 0.05) is 40.2 Å². The van der Waals surface area contributed by atoms with Crippen LogP contribution in [0.25, 0.3) is 0 Å². The molecule has 2 aromatic rings. The molecular formula is C17H19IN2O. The monoisotopic (exact) mass is 394 g/mol. The van der Waals surface area contributed by atoms with Crippen molar-refractivity contribution in [3.63, 3.8) is 0 Å². The maximum atomic E-state index is 10.1. The summed E-state index contributed by atoms with van der Waals surface area (Å²) >= 11 is 2.26. The first-order chi connectivity index (χ1) is 10.1. The fraction of sp³-hybridized carbons (Fsp3) is 0.235. The third kappa shape index (κ3) is 4.20. The number of phenolic OH excluding ortho intramolecular Hbond substituents is 1. The third-order valence-electron chi connectivity index (χ3n) is 3.32. The zero-order valence-corrected chi connectivity index (χ0v) is 14.4. The Balaban J connectivity index is 2.19. The molecular weight excluding hydrogens is 375 g/mol. The number of rotatable bonds is 5. The minimum Gasteiger partial charge on any atom is -0.507 e. The molecule has 0 atom stereocenters.